The van der Waals surface area contributed by atoms with E-state index < -0.39 is 0 Å². The predicted molar refractivity (Wildman–Crippen MR) is 215 cm³/mol. The Bertz CT molecular complexity index is 3060. The molecule has 0 amide bonds. The van der Waals surface area contributed by atoms with Crippen LogP contribution in [0, 0.1) is 0 Å². The molecule has 8 aromatic carbocycles. The molecule has 2 N–H and O–H groups in total. The fourth-order valence-corrected chi connectivity index (χ4v) is 7.43. The summed E-state index contributed by atoms with van der Waals surface area (Å²) in [5.74, 6) is 0.929. The number of hydrogen-bond donors (Lipinski definition) is 1. The van der Waals surface area contributed by atoms with Crippen molar-refractivity contribution in [3.63, 3.8) is 0 Å². The van der Waals surface area contributed by atoms with E-state index in [0.717, 1.165) is 77.1 Å². The quantitative estimate of drug-likeness (QED) is 0.113. The maximum atomic E-state index is 7.02. The highest BCUT2D eigenvalue weighted by Crippen LogP contribution is 2.40. The van der Waals surface area contributed by atoms with Gasteiger partial charge >= 0.3 is 0 Å². The van der Waals surface area contributed by atoms with Gasteiger partial charge in [-0.25, -0.2) is 4.99 Å². The fourth-order valence-electron chi connectivity index (χ4n) is 7.43. The SMILES string of the molecule is NC(=NC(=NCc1ccccc1)c1ccc2c(ccc3ccccc32)c1)c1ccc(-c2ccc3c(c2)oc2ccccc23)c2oc3ccccc3c12. The summed E-state index contributed by atoms with van der Waals surface area (Å²) in [7, 11) is 0. The van der Waals surface area contributed by atoms with Crippen molar-refractivity contribution in [1.82, 2.24) is 0 Å². The molecule has 246 valence electrons. The van der Waals surface area contributed by atoms with E-state index in [2.05, 4.69) is 103 Å². The average molecular weight is 670 g/mol. The third-order valence-corrected chi connectivity index (χ3v) is 9.98. The lowest BCUT2D eigenvalue weighted by Gasteiger charge is -2.10. The normalized spacial score (nSPS) is 12.6. The maximum Gasteiger partial charge on any atom is 0.157 e. The van der Waals surface area contributed by atoms with E-state index in [1.165, 1.54) is 16.2 Å². The molecule has 10 aromatic rings. The van der Waals surface area contributed by atoms with Crippen LogP contribution in [-0.4, -0.2) is 11.7 Å². The van der Waals surface area contributed by atoms with Crippen molar-refractivity contribution in [2.45, 2.75) is 6.54 Å². The summed E-state index contributed by atoms with van der Waals surface area (Å²) >= 11 is 0. The number of para-hydroxylation sites is 2. The van der Waals surface area contributed by atoms with Gasteiger partial charge in [0.2, 0.25) is 0 Å². The molecule has 0 saturated carbocycles. The van der Waals surface area contributed by atoms with Crippen LogP contribution in [-0.2, 0) is 6.54 Å². The first-order valence-electron chi connectivity index (χ1n) is 17.4. The Hall–Kier alpha value is -6.98. The van der Waals surface area contributed by atoms with Crippen LogP contribution in [0.25, 0.3) is 76.5 Å². The molecule has 0 aliphatic rings. The number of aliphatic imine (C=N–C) groups is 2. The topological polar surface area (TPSA) is 77.0 Å². The second-order valence-electron chi connectivity index (χ2n) is 13.1. The Labute approximate surface area is 299 Å². The zero-order valence-electron chi connectivity index (χ0n) is 28.1. The van der Waals surface area contributed by atoms with Crippen LogP contribution in [0.3, 0.4) is 0 Å². The molecule has 2 aromatic heterocycles. The van der Waals surface area contributed by atoms with Crippen molar-refractivity contribution in [3.8, 4) is 11.1 Å². The lowest BCUT2D eigenvalue weighted by atomic mass is 9.97. The Morgan fingerprint density at radius 1 is 0.519 bits per heavy atom. The van der Waals surface area contributed by atoms with Crippen LogP contribution in [0.5, 0.6) is 0 Å². The number of nitrogens with zero attached hydrogens (tertiary/aromatic N) is 2. The molecule has 10 rings (SSSR count). The highest BCUT2D eigenvalue weighted by atomic mass is 16.3. The number of amidine groups is 2. The largest absolute Gasteiger partial charge is 0.456 e. The first-order valence-corrected chi connectivity index (χ1v) is 17.4. The number of hydrogen-bond acceptors (Lipinski definition) is 3. The molecule has 0 spiro atoms. The van der Waals surface area contributed by atoms with Crippen LogP contribution >= 0.6 is 0 Å². The lowest BCUT2D eigenvalue weighted by molar-refractivity contribution is 0.668. The third-order valence-electron chi connectivity index (χ3n) is 9.98. The summed E-state index contributed by atoms with van der Waals surface area (Å²) in [6.45, 7) is 0.468. The number of rotatable bonds is 5. The van der Waals surface area contributed by atoms with E-state index in [9.17, 15) is 0 Å². The third kappa shape index (κ3) is 5.02. The van der Waals surface area contributed by atoms with Crippen LogP contribution in [0.4, 0.5) is 0 Å². The number of furan rings is 2. The molecule has 0 radical (unpaired) electrons. The van der Waals surface area contributed by atoms with Crippen LogP contribution < -0.4 is 5.73 Å². The zero-order chi connectivity index (χ0) is 34.6. The van der Waals surface area contributed by atoms with Gasteiger partial charge < -0.3 is 14.6 Å². The van der Waals surface area contributed by atoms with Gasteiger partial charge in [0.1, 0.15) is 28.2 Å². The van der Waals surface area contributed by atoms with Crippen molar-refractivity contribution in [2.24, 2.45) is 15.7 Å². The summed E-state index contributed by atoms with van der Waals surface area (Å²) in [6, 6.07) is 56.0. The van der Waals surface area contributed by atoms with Crippen LogP contribution in [0.1, 0.15) is 16.7 Å². The van der Waals surface area contributed by atoms with Crippen molar-refractivity contribution in [2.75, 3.05) is 0 Å². The summed E-state index contributed by atoms with van der Waals surface area (Å²) in [5, 5.41) is 8.78. The lowest BCUT2D eigenvalue weighted by Crippen LogP contribution is -2.17. The first kappa shape index (κ1) is 29.9. The minimum absolute atomic E-state index is 0.362. The van der Waals surface area contributed by atoms with Gasteiger partial charge in [-0.1, -0.05) is 121 Å². The monoisotopic (exact) mass is 669 g/mol. The van der Waals surface area contributed by atoms with E-state index in [1.807, 2.05) is 60.7 Å². The minimum Gasteiger partial charge on any atom is -0.456 e. The van der Waals surface area contributed by atoms with Crippen molar-refractivity contribution in [1.29, 1.82) is 0 Å². The predicted octanol–water partition coefficient (Wildman–Crippen LogP) is 11.8. The van der Waals surface area contributed by atoms with Gasteiger partial charge in [0.15, 0.2) is 5.84 Å². The summed E-state index contributed by atoms with van der Waals surface area (Å²) in [4.78, 5) is 10.1. The van der Waals surface area contributed by atoms with Crippen molar-refractivity contribution >= 4 is 77.1 Å². The van der Waals surface area contributed by atoms with Gasteiger partial charge in [-0.2, -0.15) is 0 Å². The molecule has 52 heavy (non-hydrogen) atoms. The summed E-state index contributed by atoms with van der Waals surface area (Å²) in [6.07, 6.45) is 0. The smallest absolute Gasteiger partial charge is 0.157 e. The van der Waals surface area contributed by atoms with E-state index in [1.54, 1.807) is 0 Å². The van der Waals surface area contributed by atoms with Crippen LogP contribution in [0.2, 0.25) is 0 Å². The molecule has 5 nitrogen and oxygen atoms in total. The van der Waals surface area contributed by atoms with E-state index in [0.29, 0.717) is 18.2 Å². The Kier molecular flexibility index (Phi) is 6.96. The molecule has 0 aliphatic heterocycles. The molecule has 5 heteroatoms. The van der Waals surface area contributed by atoms with Gasteiger partial charge in [0, 0.05) is 38.2 Å². The van der Waals surface area contributed by atoms with Crippen molar-refractivity contribution in [3.05, 3.63) is 180 Å². The van der Waals surface area contributed by atoms with Gasteiger partial charge in [-0.05, 0) is 75.1 Å². The second-order valence-corrected chi connectivity index (χ2v) is 13.1. The molecule has 0 bridgehead atoms. The van der Waals surface area contributed by atoms with Crippen molar-refractivity contribution < 1.29 is 8.83 Å². The Balaban J connectivity index is 1.13. The van der Waals surface area contributed by atoms with E-state index in [4.69, 9.17) is 24.6 Å². The highest BCUT2D eigenvalue weighted by molar-refractivity contribution is 6.23. The van der Waals surface area contributed by atoms with Gasteiger partial charge in [0.05, 0.1) is 6.54 Å². The Morgan fingerprint density at radius 2 is 1.19 bits per heavy atom. The second kappa shape index (κ2) is 12.1. The molecule has 0 saturated heterocycles. The molecular formula is C47H31N3O2. The fraction of sp³-hybridized carbons (Fsp3) is 0.0213. The number of nitrogens with two attached hydrogens (primary N) is 1. The molecule has 0 unspecified atom stereocenters. The van der Waals surface area contributed by atoms with Gasteiger partial charge in [-0.15, -0.1) is 0 Å². The number of benzene rings is 8. The van der Waals surface area contributed by atoms with Gasteiger partial charge in [0.25, 0.3) is 0 Å². The van der Waals surface area contributed by atoms with Crippen LogP contribution in [0.15, 0.2) is 183 Å². The summed E-state index contributed by atoms with van der Waals surface area (Å²) in [5.41, 5.74) is 15.0. The summed E-state index contributed by atoms with van der Waals surface area (Å²) < 4.78 is 12.9. The Morgan fingerprint density at radius 3 is 2.06 bits per heavy atom. The molecule has 0 fully saturated rings. The first-order chi connectivity index (χ1) is 25.7. The molecular weight excluding hydrogens is 639 g/mol. The highest BCUT2D eigenvalue weighted by Gasteiger charge is 2.20. The average Bonchev–Trinajstić information content (AvgIpc) is 3.78. The molecule has 0 atom stereocenters. The van der Waals surface area contributed by atoms with E-state index >= 15 is 0 Å². The molecule has 0 aliphatic carbocycles. The zero-order valence-corrected chi connectivity index (χ0v) is 28.1. The molecule has 2 heterocycles. The standard InChI is InChI=1S/C47H31N3O2/c48-46(50-47(49-28-29-10-2-1-3-11-29)33-21-22-35-31(26-33)19-18-30-12-4-5-13-34(30)35)40-25-24-36(45-44(40)39-15-7-9-17-42(39)52-45)32-20-23-38-37-14-6-8-16-41(37)51-43(38)27-32/h1-27H,28H2,(H2,48,49,50). The maximum absolute atomic E-state index is 7.02. The minimum atomic E-state index is 0.362. The van der Waals surface area contributed by atoms with E-state index in [-0.39, 0.29) is 0 Å². The van der Waals surface area contributed by atoms with Gasteiger partial charge in [-0.3, -0.25) is 4.99 Å². The number of fused-ring (bicyclic) bond motifs is 9.